The van der Waals surface area contributed by atoms with E-state index in [0.717, 1.165) is 23.9 Å². The maximum atomic E-state index is 12.1. The number of carbonyl (C=O) groups is 2. The Morgan fingerprint density at radius 1 is 1.12 bits per heavy atom. The number of para-hydroxylation sites is 2. The zero-order chi connectivity index (χ0) is 17.9. The number of rotatable bonds is 6. The minimum atomic E-state index is -0.323. The topological polar surface area (TPSA) is 96.1 Å². The van der Waals surface area contributed by atoms with Gasteiger partial charge in [-0.2, -0.15) is 0 Å². The number of imidazole rings is 1. The number of carbonyl (C=O) groups excluding carboxylic acids is 2. The first kappa shape index (κ1) is 16.1. The number of amides is 2. The lowest BCUT2D eigenvalue weighted by Crippen LogP contribution is -2.21. The molecule has 1 aliphatic carbocycles. The minimum Gasteiger partial charge on any atom is -0.484 e. The van der Waals surface area contributed by atoms with E-state index in [-0.39, 0.29) is 24.3 Å². The fraction of sp³-hybridized carbons (Fsp3) is 0.211. The van der Waals surface area contributed by atoms with Crippen molar-refractivity contribution in [3.05, 3.63) is 48.5 Å². The Balaban J connectivity index is 1.32. The number of benzene rings is 2. The van der Waals surface area contributed by atoms with E-state index in [0.29, 0.717) is 17.4 Å². The molecule has 7 nitrogen and oxygen atoms in total. The number of fused-ring (bicyclic) bond motifs is 1. The second kappa shape index (κ2) is 6.87. The van der Waals surface area contributed by atoms with Gasteiger partial charge in [0.25, 0.3) is 5.91 Å². The number of hydrogen-bond donors (Lipinski definition) is 3. The van der Waals surface area contributed by atoms with Crippen LogP contribution in [-0.4, -0.2) is 28.4 Å². The van der Waals surface area contributed by atoms with Crippen LogP contribution in [0.1, 0.15) is 12.8 Å². The number of ether oxygens (including phenoxy) is 1. The van der Waals surface area contributed by atoms with Crippen LogP contribution in [0, 0.1) is 5.92 Å². The maximum Gasteiger partial charge on any atom is 0.264 e. The first-order valence-electron chi connectivity index (χ1n) is 8.46. The Kier molecular flexibility index (Phi) is 4.27. The molecule has 0 spiro atoms. The van der Waals surface area contributed by atoms with Gasteiger partial charge in [0.05, 0.1) is 11.0 Å². The Morgan fingerprint density at radius 2 is 1.96 bits per heavy atom. The molecular formula is C19H18N4O3. The quantitative estimate of drug-likeness (QED) is 0.637. The average Bonchev–Trinajstić information content (AvgIpc) is 3.41. The summed E-state index contributed by atoms with van der Waals surface area (Å²) in [5.41, 5.74) is 2.29. The van der Waals surface area contributed by atoms with Crippen LogP contribution in [0.5, 0.6) is 5.75 Å². The molecule has 1 fully saturated rings. The lowest BCUT2D eigenvalue weighted by Gasteiger charge is -2.09. The van der Waals surface area contributed by atoms with Crippen LogP contribution < -0.4 is 15.4 Å². The van der Waals surface area contributed by atoms with Gasteiger partial charge in [-0.1, -0.05) is 18.2 Å². The molecule has 3 N–H and O–H groups in total. The van der Waals surface area contributed by atoms with Crippen LogP contribution in [0.3, 0.4) is 0 Å². The van der Waals surface area contributed by atoms with Gasteiger partial charge in [0, 0.05) is 17.7 Å². The molecular weight excluding hydrogens is 332 g/mol. The molecule has 0 aliphatic heterocycles. The van der Waals surface area contributed by atoms with Gasteiger partial charge in [-0.15, -0.1) is 0 Å². The molecule has 2 amide bonds. The average molecular weight is 350 g/mol. The molecule has 1 saturated carbocycles. The largest absolute Gasteiger partial charge is 0.484 e. The van der Waals surface area contributed by atoms with Gasteiger partial charge >= 0.3 is 0 Å². The number of hydrogen-bond acceptors (Lipinski definition) is 4. The molecule has 0 atom stereocenters. The smallest absolute Gasteiger partial charge is 0.264 e. The summed E-state index contributed by atoms with van der Waals surface area (Å²) in [5, 5.41) is 5.52. The second-order valence-electron chi connectivity index (χ2n) is 6.23. The van der Waals surface area contributed by atoms with Crippen molar-refractivity contribution in [3.63, 3.8) is 0 Å². The standard InChI is InChI=1S/C19H18N4O3/c24-17(23-19-21-15-6-1-2-7-16(15)22-19)11-26-14-5-3-4-13(10-14)20-18(25)12-8-9-12/h1-7,10,12H,8-9,11H2,(H,20,25)(H2,21,22,23,24). The number of anilines is 2. The normalized spacial score (nSPS) is 13.4. The summed E-state index contributed by atoms with van der Waals surface area (Å²) in [5.74, 6) is 0.735. The van der Waals surface area contributed by atoms with Crippen molar-refractivity contribution in [2.24, 2.45) is 5.92 Å². The summed E-state index contributed by atoms with van der Waals surface area (Å²) in [6, 6.07) is 14.5. The zero-order valence-corrected chi connectivity index (χ0v) is 14.0. The number of aromatic nitrogens is 2. The van der Waals surface area contributed by atoms with Gasteiger partial charge in [-0.3, -0.25) is 14.9 Å². The maximum absolute atomic E-state index is 12.1. The lowest BCUT2D eigenvalue weighted by molar-refractivity contribution is -0.118. The van der Waals surface area contributed by atoms with Gasteiger partial charge in [-0.05, 0) is 37.1 Å². The fourth-order valence-corrected chi connectivity index (χ4v) is 2.58. The summed E-state index contributed by atoms with van der Waals surface area (Å²) in [4.78, 5) is 31.2. The van der Waals surface area contributed by atoms with Crippen molar-refractivity contribution in [2.45, 2.75) is 12.8 Å². The summed E-state index contributed by atoms with van der Waals surface area (Å²) < 4.78 is 5.51. The molecule has 0 radical (unpaired) electrons. The van der Waals surface area contributed by atoms with E-state index < -0.39 is 0 Å². The fourth-order valence-electron chi connectivity index (χ4n) is 2.58. The van der Waals surface area contributed by atoms with E-state index >= 15 is 0 Å². The lowest BCUT2D eigenvalue weighted by atomic mass is 10.3. The monoisotopic (exact) mass is 350 g/mol. The van der Waals surface area contributed by atoms with Crippen LogP contribution in [0.4, 0.5) is 11.6 Å². The molecule has 132 valence electrons. The zero-order valence-electron chi connectivity index (χ0n) is 14.0. The second-order valence-corrected chi connectivity index (χ2v) is 6.23. The number of aromatic amines is 1. The highest BCUT2D eigenvalue weighted by atomic mass is 16.5. The van der Waals surface area contributed by atoms with E-state index in [9.17, 15) is 9.59 Å². The Bertz CT molecular complexity index is 929. The molecule has 7 heteroatoms. The van der Waals surface area contributed by atoms with E-state index in [1.54, 1.807) is 24.3 Å². The highest BCUT2D eigenvalue weighted by molar-refractivity contribution is 5.94. The third kappa shape index (κ3) is 3.83. The molecule has 1 aliphatic rings. The predicted molar refractivity (Wildman–Crippen MR) is 98.0 cm³/mol. The van der Waals surface area contributed by atoms with Gasteiger partial charge in [0.2, 0.25) is 11.9 Å². The minimum absolute atomic E-state index is 0.0322. The molecule has 1 aromatic heterocycles. The van der Waals surface area contributed by atoms with Crippen molar-refractivity contribution in [3.8, 4) is 5.75 Å². The molecule has 0 unspecified atom stereocenters. The van der Waals surface area contributed by atoms with Crippen molar-refractivity contribution < 1.29 is 14.3 Å². The Hall–Kier alpha value is -3.35. The predicted octanol–water partition coefficient (Wildman–Crippen LogP) is 2.93. The summed E-state index contributed by atoms with van der Waals surface area (Å²) in [6.07, 6.45) is 1.90. The van der Waals surface area contributed by atoms with Gasteiger partial charge < -0.3 is 15.0 Å². The SMILES string of the molecule is O=C(COc1cccc(NC(=O)C2CC2)c1)Nc1nc2ccccc2[nH]1. The van der Waals surface area contributed by atoms with Crippen molar-refractivity contribution >= 4 is 34.5 Å². The first-order valence-corrected chi connectivity index (χ1v) is 8.46. The van der Waals surface area contributed by atoms with E-state index in [1.807, 2.05) is 24.3 Å². The van der Waals surface area contributed by atoms with Crippen LogP contribution in [-0.2, 0) is 9.59 Å². The van der Waals surface area contributed by atoms with Crippen LogP contribution in [0.15, 0.2) is 48.5 Å². The summed E-state index contributed by atoms with van der Waals surface area (Å²) in [6.45, 7) is -0.156. The molecule has 0 bridgehead atoms. The van der Waals surface area contributed by atoms with Gasteiger partial charge in [0.1, 0.15) is 5.75 Å². The summed E-state index contributed by atoms with van der Waals surface area (Å²) in [7, 11) is 0. The van der Waals surface area contributed by atoms with Crippen LogP contribution >= 0.6 is 0 Å². The van der Waals surface area contributed by atoms with Crippen LogP contribution in [0.2, 0.25) is 0 Å². The molecule has 3 aromatic rings. The molecule has 1 heterocycles. The first-order chi connectivity index (χ1) is 12.7. The van der Waals surface area contributed by atoms with Crippen molar-refractivity contribution in [1.29, 1.82) is 0 Å². The van der Waals surface area contributed by atoms with Crippen molar-refractivity contribution in [1.82, 2.24) is 9.97 Å². The van der Waals surface area contributed by atoms with Gasteiger partial charge in [0.15, 0.2) is 6.61 Å². The number of nitrogens with zero attached hydrogens (tertiary/aromatic N) is 1. The summed E-state index contributed by atoms with van der Waals surface area (Å²) >= 11 is 0. The third-order valence-corrected chi connectivity index (χ3v) is 4.07. The molecule has 0 saturated heterocycles. The molecule has 4 rings (SSSR count). The van der Waals surface area contributed by atoms with E-state index in [2.05, 4.69) is 20.6 Å². The van der Waals surface area contributed by atoms with E-state index in [4.69, 9.17) is 4.74 Å². The van der Waals surface area contributed by atoms with Gasteiger partial charge in [-0.25, -0.2) is 4.98 Å². The number of H-pyrrole nitrogens is 1. The van der Waals surface area contributed by atoms with Crippen molar-refractivity contribution in [2.75, 3.05) is 17.2 Å². The highest BCUT2D eigenvalue weighted by Gasteiger charge is 2.29. The number of nitrogens with one attached hydrogen (secondary N) is 3. The van der Waals surface area contributed by atoms with Crippen LogP contribution in [0.25, 0.3) is 11.0 Å². The molecule has 2 aromatic carbocycles. The third-order valence-electron chi connectivity index (χ3n) is 4.07. The Labute approximate surface area is 149 Å². The molecule has 26 heavy (non-hydrogen) atoms. The van der Waals surface area contributed by atoms with E-state index in [1.165, 1.54) is 0 Å². The Morgan fingerprint density at radius 3 is 2.77 bits per heavy atom. The highest BCUT2D eigenvalue weighted by Crippen LogP contribution is 2.30.